The van der Waals surface area contributed by atoms with E-state index in [-0.39, 0.29) is 36.2 Å². The highest BCUT2D eigenvalue weighted by molar-refractivity contribution is 7.15. The van der Waals surface area contributed by atoms with E-state index in [0.29, 0.717) is 30.6 Å². The lowest BCUT2D eigenvalue weighted by Gasteiger charge is -2.13. The van der Waals surface area contributed by atoms with Gasteiger partial charge in [-0.2, -0.15) is 13.2 Å². The number of halogens is 3. The number of ether oxygens (including phenoxy) is 1. The number of nitro groups is 1. The molecule has 1 aromatic heterocycles. The van der Waals surface area contributed by atoms with E-state index in [1.807, 2.05) is 0 Å². The number of hydrogen-bond acceptors (Lipinski definition) is 11. The summed E-state index contributed by atoms with van der Waals surface area (Å²) in [7, 11) is 0. The van der Waals surface area contributed by atoms with Crippen LogP contribution in [0.2, 0.25) is 0 Å². The van der Waals surface area contributed by atoms with Gasteiger partial charge in [0.05, 0.1) is 22.9 Å². The zero-order valence-corrected chi connectivity index (χ0v) is 24.5. The fourth-order valence-corrected chi connectivity index (χ4v) is 4.64. The number of benzene rings is 1. The Morgan fingerprint density at radius 1 is 0.913 bits per heavy atom. The smallest absolute Gasteiger partial charge is 0.434 e. The number of nitrogens with zero attached hydrogens (tertiary/aromatic N) is 3. The molecule has 3 rings (SSSR count). The number of hydrogen-bond donors (Lipinski definition) is 4. The van der Waals surface area contributed by atoms with E-state index in [4.69, 9.17) is 4.74 Å². The monoisotopic (exact) mass is 669 g/mol. The van der Waals surface area contributed by atoms with Crippen LogP contribution in [0.4, 0.5) is 34.5 Å². The number of aromatic nitrogens is 1. The molecular formula is C26H26F3N7O9S. The van der Waals surface area contributed by atoms with Gasteiger partial charge in [0.25, 0.3) is 17.5 Å². The van der Waals surface area contributed by atoms with Crippen molar-refractivity contribution in [2.75, 3.05) is 30.3 Å². The summed E-state index contributed by atoms with van der Waals surface area (Å²) in [5.41, 5.74) is -1.56. The standard InChI is InChI=1S/C26H26F3N7O9S/c27-26(28,29)23-17(14-45-25(42)32-15-5-7-16(8-6-15)36(43)44)46-24(34-23)33-20(39)13-31-19(38)12-30-18(37)4-2-1-3-11-35-21(40)9-10-22(35)41/h5-10H,1-4,11-14H2,(H,30,37)(H,31,38)(H,32,42)(H,33,34,39). The van der Waals surface area contributed by atoms with Crippen molar-refractivity contribution in [2.24, 2.45) is 0 Å². The molecule has 0 saturated heterocycles. The van der Waals surface area contributed by atoms with E-state index < -0.39 is 70.3 Å². The fourth-order valence-electron chi connectivity index (χ4n) is 3.73. The lowest BCUT2D eigenvalue weighted by Crippen LogP contribution is -2.40. The SMILES string of the molecule is O=C(CCCCCN1C(=O)C=CC1=O)NCC(=O)NCC(=O)Nc1nc(C(F)(F)F)c(COC(=O)Nc2ccc([N+](=O)[O-])cc2)s1. The van der Waals surface area contributed by atoms with Gasteiger partial charge in [0.15, 0.2) is 10.8 Å². The molecule has 0 saturated carbocycles. The van der Waals surface area contributed by atoms with Crippen LogP contribution < -0.4 is 21.3 Å². The second-order valence-electron chi connectivity index (χ2n) is 9.37. The maximum absolute atomic E-state index is 13.5. The van der Waals surface area contributed by atoms with Gasteiger partial charge in [0.2, 0.25) is 17.7 Å². The van der Waals surface area contributed by atoms with Gasteiger partial charge in [-0.1, -0.05) is 17.8 Å². The minimum atomic E-state index is -4.96. The summed E-state index contributed by atoms with van der Waals surface area (Å²) in [5, 5.41) is 19.1. The van der Waals surface area contributed by atoms with Crippen LogP contribution in [0, 0.1) is 10.1 Å². The number of non-ortho nitro benzene ring substituents is 1. The molecule has 1 aromatic carbocycles. The van der Waals surface area contributed by atoms with Gasteiger partial charge in [-0.3, -0.25) is 44.3 Å². The summed E-state index contributed by atoms with van der Waals surface area (Å²) < 4.78 is 45.3. The molecule has 46 heavy (non-hydrogen) atoms. The first-order valence-corrected chi connectivity index (χ1v) is 14.2. The number of thiazole rings is 1. The van der Waals surface area contributed by atoms with E-state index in [0.717, 1.165) is 17.0 Å². The van der Waals surface area contributed by atoms with Gasteiger partial charge >= 0.3 is 12.3 Å². The molecule has 0 radical (unpaired) electrons. The Morgan fingerprint density at radius 3 is 2.17 bits per heavy atom. The molecule has 16 nitrogen and oxygen atoms in total. The lowest BCUT2D eigenvalue weighted by molar-refractivity contribution is -0.384. The number of rotatable bonds is 15. The number of nitro benzene ring substituents is 1. The quantitative estimate of drug-likeness (QED) is 0.0939. The van der Waals surface area contributed by atoms with Gasteiger partial charge in [0.1, 0.15) is 6.61 Å². The van der Waals surface area contributed by atoms with Crippen molar-refractivity contribution >= 4 is 63.5 Å². The van der Waals surface area contributed by atoms with Crippen molar-refractivity contribution in [2.45, 2.75) is 38.5 Å². The predicted molar refractivity (Wildman–Crippen MR) is 153 cm³/mol. The van der Waals surface area contributed by atoms with Crippen molar-refractivity contribution in [3.63, 3.8) is 0 Å². The minimum Gasteiger partial charge on any atom is -0.444 e. The maximum atomic E-state index is 13.5. The molecule has 2 aromatic rings. The van der Waals surface area contributed by atoms with Gasteiger partial charge in [-0.25, -0.2) is 9.78 Å². The Labute approximate surface area is 261 Å². The van der Waals surface area contributed by atoms with E-state index in [2.05, 4.69) is 26.3 Å². The zero-order chi connectivity index (χ0) is 33.9. The summed E-state index contributed by atoms with van der Waals surface area (Å²) >= 11 is 0.383. The number of carbonyl (C=O) groups excluding carboxylic acids is 6. The first kappa shape index (κ1) is 35.1. The Kier molecular flexibility index (Phi) is 12.3. The molecule has 0 spiro atoms. The van der Waals surface area contributed by atoms with Crippen molar-refractivity contribution in [3.05, 3.63) is 57.1 Å². The first-order chi connectivity index (χ1) is 21.7. The fraction of sp³-hybridized carbons (Fsp3) is 0.346. The third kappa shape index (κ3) is 10.9. The summed E-state index contributed by atoms with van der Waals surface area (Å²) in [6, 6.07) is 4.59. The Morgan fingerprint density at radius 2 is 1.54 bits per heavy atom. The minimum absolute atomic E-state index is 0.0737. The normalized spacial score (nSPS) is 12.5. The summed E-state index contributed by atoms with van der Waals surface area (Å²) in [6.45, 7) is -1.75. The van der Waals surface area contributed by atoms with E-state index in [9.17, 15) is 52.1 Å². The van der Waals surface area contributed by atoms with Crippen LogP contribution in [0.15, 0.2) is 36.4 Å². The van der Waals surface area contributed by atoms with Gasteiger partial charge in [-0.15, -0.1) is 0 Å². The Hall–Kier alpha value is -5.40. The molecule has 6 amide bonds. The Balaban J connectivity index is 1.37. The van der Waals surface area contributed by atoms with Crippen molar-refractivity contribution in [1.29, 1.82) is 0 Å². The van der Waals surface area contributed by atoms with E-state index in [1.54, 1.807) is 0 Å². The average Bonchev–Trinajstić information content (AvgIpc) is 3.55. The van der Waals surface area contributed by atoms with Gasteiger partial charge in [-0.05, 0) is 25.0 Å². The number of imide groups is 1. The van der Waals surface area contributed by atoms with Crippen LogP contribution >= 0.6 is 11.3 Å². The summed E-state index contributed by atoms with van der Waals surface area (Å²) in [5.74, 6) is -2.89. The number of amides is 6. The molecule has 0 fully saturated rings. The third-order valence-corrected chi connectivity index (χ3v) is 6.89. The summed E-state index contributed by atoms with van der Waals surface area (Å²) in [4.78, 5) is 85.0. The number of unbranched alkanes of at least 4 members (excludes halogenated alkanes) is 2. The molecule has 0 unspecified atom stereocenters. The van der Waals surface area contributed by atoms with Gasteiger partial charge in [0, 0.05) is 42.9 Å². The molecule has 246 valence electrons. The molecule has 0 bridgehead atoms. The van der Waals surface area contributed by atoms with Crippen LogP contribution in [-0.4, -0.2) is 70.1 Å². The maximum Gasteiger partial charge on any atom is 0.434 e. The highest BCUT2D eigenvalue weighted by Gasteiger charge is 2.38. The molecule has 0 aliphatic carbocycles. The van der Waals surface area contributed by atoms with Crippen LogP contribution in [0.5, 0.6) is 0 Å². The molecule has 20 heteroatoms. The van der Waals surface area contributed by atoms with Crippen molar-refractivity contribution < 1.29 is 51.6 Å². The molecule has 1 aliphatic heterocycles. The van der Waals surface area contributed by atoms with Crippen LogP contribution in [0.3, 0.4) is 0 Å². The largest absolute Gasteiger partial charge is 0.444 e. The van der Waals surface area contributed by atoms with Crippen molar-refractivity contribution in [1.82, 2.24) is 20.5 Å². The topological polar surface area (TPSA) is 219 Å². The molecule has 4 N–H and O–H groups in total. The van der Waals surface area contributed by atoms with Crippen molar-refractivity contribution in [3.8, 4) is 0 Å². The number of alkyl halides is 3. The second kappa shape index (κ2) is 16.1. The number of carbonyl (C=O) groups is 6. The lowest BCUT2D eigenvalue weighted by atomic mass is 10.2. The average molecular weight is 670 g/mol. The number of anilines is 2. The molecule has 2 heterocycles. The number of nitrogens with one attached hydrogen (secondary N) is 4. The van der Waals surface area contributed by atoms with E-state index in [1.165, 1.54) is 24.3 Å². The van der Waals surface area contributed by atoms with Gasteiger partial charge < -0.3 is 20.7 Å². The highest BCUT2D eigenvalue weighted by Crippen LogP contribution is 2.36. The summed E-state index contributed by atoms with van der Waals surface area (Å²) in [6.07, 6.45) is -2.19. The predicted octanol–water partition coefficient (Wildman–Crippen LogP) is 2.48. The van der Waals surface area contributed by atoms with Crippen LogP contribution in [0.1, 0.15) is 36.3 Å². The molecule has 1 aliphatic rings. The third-order valence-electron chi connectivity index (χ3n) is 5.95. The molecular weight excluding hydrogens is 643 g/mol. The second-order valence-corrected chi connectivity index (χ2v) is 10.5. The highest BCUT2D eigenvalue weighted by atomic mass is 32.1. The van der Waals surface area contributed by atoms with Crippen LogP contribution in [0.25, 0.3) is 0 Å². The molecule has 0 atom stereocenters. The van der Waals surface area contributed by atoms with Crippen LogP contribution in [-0.2, 0) is 41.5 Å². The Bertz CT molecular complexity index is 1510. The zero-order valence-electron chi connectivity index (χ0n) is 23.7. The first-order valence-electron chi connectivity index (χ1n) is 13.3. The van der Waals surface area contributed by atoms with E-state index >= 15 is 0 Å².